The highest BCUT2D eigenvalue weighted by Crippen LogP contribution is 2.43. The van der Waals surface area contributed by atoms with Crippen molar-refractivity contribution < 1.29 is 9.63 Å². The molecular formula is C12H19N3O2S2. The van der Waals surface area contributed by atoms with Crippen LogP contribution in [0.3, 0.4) is 0 Å². The number of nitrogens with zero attached hydrogens (tertiary/aromatic N) is 2. The quantitative estimate of drug-likeness (QED) is 0.881. The van der Waals surface area contributed by atoms with Crippen molar-refractivity contribution >= 4 is 23.5 Å². The van der Waals surface area contributed by atoms with Crippen LogP contribution in [0.1, 0.15) is 42.8 Å². The van der Waals surface area contributed by atoms with Crippen LogP contribution in [0.4, 0.5) is 0 Å². The molecule has 4 atom stereocenters. The molecule has 2 aliphatic rings. The first kappa shape index (κ1) is 13.7. The van der Waals surface area contributed by atoms with Crippen molar-refractivity contribution in [1.29, 1.82) is 0 Å². The molecule has 2 saturated heterocycles. The van der Waals surface area contributed by atoms with Gasteiger partial charge in [-0.25, -0.2) is 0 Å². The molecule has 2 aliphatic heterocycles. The summed E-state index contributed by atoms with van der Waals surface area (Å²) in [7, 11) is 0. The predicted molar refractivity (Wildman–Crippen MR) is 77.4 cm³/mol. The molecular weight excluding hydrogens is 282 g/mol. The Labute approximate surface area is 121 Å². The van der Waals surface area contributed by atoms with Gasteiger partial charge in [0.25, 0.3) is 0 Å². The zero-order valence-electron chi connectivity index (χ0n) is 10.9. The molecule has 1 aromatic rings. The largest absolute Gasteiger partial charge is 0.392 e. The number of aliphatic hydroxyl groups excluding tert-OH is 1. The molecule has 0 amide bonds. The molecule has 0 saturated carbocycles. The molecule has 0 radical (unpaired) electrons. The highest BCUT2D eigenvalue weighted by atomic mass is 32.2. The van der Waals surface area contributed by atoms with Crippen LogP contribution >= 0.6 is 23.5 Å². The van der Waals surface area contributed by atoms with Crippen molar-refractivity contribution in [2.75, 3.05) is 18.1 Å². The van der Waals surface area contributed by atoms with Crippen LogP contribution < -0.4 is 5.32 Å². The maximum absolute atomic E-state index is 9.54. The lowest BCUT2D eigenvalue weighted by Gasteiger charge is -2.27. The van der Waals surface area contributed by atoms with E-state index in [9.17, 15) is 5.11 Å². The summed E-state index contributed by atoms with van der Waals surface area (Å²) in [5.74, 6) is 3.80. The molecule has 19 heavy (non-hydrogen) atoms. The smallest absolute Gasteiger partial charge is 0.243 e. The average Bonchev–Trinajstić information content (AvgIpc) is 3.07. The Balaban J connectivity index is 1.73. The predicted octanol–water partition coefficient (Wildman–Crippen LogP) is 1.76. The molecule has 0 bridgehead atoms. The molecule has 0 spiro atoms. The van der Waals surface area contributed by atoms with Crippen molar-refractivity contribution in [3.63, 3.8) is 0 Å². The molecule has 3 rings (SSSR count). The van der Waals surface area contributed by atoms with E-state index in [4.69, 9.17) is 4.52 Å². The fraction of sp³-hybridized carbons (Fsp3) is 0.833. The van der Waals surface area contributed by atoms with E-state index in [1.807, 2.05) is 23.5 Å². The third-order valence-electron chi connectivity index (χ3n) is 3.57. The summed E-state index contributed by atoms with van der Waals surface area (Å²) < 4.78 is 5.39. The molecule has 106 valence electrons. The van der Waals surface area contributed by atoms with E-state index in [1.54, 1.807) is 0 Å². The fourth-order valence-corrected chi connectivity index (χ4v) is 5.53. The molecule has 5 nitrogen and oxygen atoms in total. The lowest BCUT2D eigenvalue weighted by atomic mass is 10.2. The van der Waals surface area contributed by atoms with Gasteiger partial charge in [0.15, 0.2) is 5.82 Å². The van der Waals surface area contributed by atoms with E-state index >= 15 is 0 Å². The second kappa shape index (κ2) is 6.03. The Hall–Kier alpha value is -0.240. The summed E-state index contributed by atoms with van der Waals surface area (Å²) in [4.78, 5) is 4.56. The first-order chi connectivity index (χ1) is 9.28. The lowest BCUT2D eigenvalue weighted by Crippen LogP contribution is -2.19. The van der Waals surface area contributed by atoms with Gasteiger partial charge in [-0.05, 0) is 12.8 Å². The Morgan fingerprint density at radius 2 is 2.26 bits per heavy atom. The van der Waals surface area contributed by atoms with Gasteiger partial charge >= 0.3 is 0 Å². The maximum Gasteiger partial charge on any atom is 0.243 e. The molecule has 2 N–H and O–H groups in total. The van der Waals surface area contributed by atoms with E-state index in [2.05, 4.69) is 22.4 Å². The van der Waals surface area contributed by atoms with Crippen LogP contribution in [0.5, 0.6) is 0 Å². The normalized spacial score (nSPS) is 35.7. The first-order valence-corrected chi connectivity index (χ1v) is 8.85. The van der Waals surface area contributed by atoms with Crippen LogP contribution in [-0.2, 0) is 0 Å². The SMILES string of the molecule is CCC1SCCSC1c1noc([C@H]2C[C@@H](O)CN2)n1. The molecule has 0 aromatic carbocycles. The van der Waals surface area contributed by atoms with Crippen molar-refractivity contribution in [2.24, 2.45) is 0 Å². The number of hydrogen-bond acceptors (Lipinski definition) is 7. The second-order valence-corrected chi connectivity index (χ2v) is 7.55. The van der Waals surface area contributed by atoms with Crippen LogP contribution in [0, 0.1) is 0 Å². The van der Waals surface area contributed by atoms with Gasteiger partial charge in [0, 0.05) is 23.3 Å². The summed E-state index contributed by atoms with van der Waals surface area (Å²) in [6, 6.07) is 0.0116. The minimum absolute atomic E-state index is 0.0116. The number of thioether (sulfide) groups is 2. The van der Waals surface area contributed by atoms with Crippen LogP contribution in [0.25, 0.3) is 0 Å². The molecule has 2 fully saturated rings. The van der Waals surface area contributed by atoms with Crippen molar-refractivity contribution in [3.05, 3.63) is 11.7 Å². The summed E-state index contributed by atoms with van der Waals surface area (Å²) >= 11 is 3.94. The topological polar surface area (TPSA) is 71.2 Å². The number of aromatic nitrogens is 2. The number of rotatable bonds is 3. The zero-order chi connectivity index (χ0) is 13.2. The first-order valence-electron chi connectivity index (χ1n) is 6.76. The van der Waals surface area contributed by atoms with E-state index < -0.39 is 0 Å². The third-order valence-corrected chi connectivity index (χ3v) is 6.81. The van der Waals surface area contributed by atoms with E-state index in [0.717, 1.165) is 18.0 Å². The minimum Gasteiger partial charge on any atom is -0.392 e. The zero-order valence-corrected chi connectivity index (χ0v) is 12.5. The van der Waals surface area contributed by atoms with Crippen molar-refractivity contribution in [1.82, 2.24) is 15.5 Å². The molecule has 2 unspecified atom stereocenters. The number of β-amino-alcohol motifs (C(OH)–C–C–N with tert-alkyl or cyclic N) is 1. The Morgan fingerprint density at radius 1 is 1.42 bits per heavy atom. The summed E-state index contributed by atoms with van der Waals surface area (Å²) in [6.45, 7) is 2.82. The molecule has 3 heterocycles. The van der Waals surface area contributed by atoms with Gasteiger partial charge in [0.1, 0.15) is 0 Å². The van der Waals surface area contributed by atoms with Gasteiger partial charge in [0.05, 0.1) is 17.4 Å². The number of nitrogens with one attached hydrogen (secondary N) is 1. The van der Waals surface area contributed by atoms with Gasteiger partial charge in [-0.15, -0.1) is 11.8 Å². The van der Waals surface area contributed by atoms with Crippen LogP contribution in [0.15, 0.2) is 4.52 Å². The monoisotopic (exact) mass is 301 g/mol. The van der Waals surface area contributed by atoms with Gasteiger partial charge < -0.3 is 14.9 Å². The van der Waals surface area contributed by atoms with Crippen LogP contribution in [-0.4, -0.2) is 44.7 Å². The van der Waals surface area contributed by atoms with E-state index in [-0.39, 0.29) is 12.1 Å². The Bertz CT molecular complexity index is 429. The third kappa shape index (κ3) is 2.94. The number of hydrogen-bond donors (Lipinski definition) is 2. The van der Waals surface area contributed by atoms with Gasteiger partial charge in [0.2, 0.25) is 5.89 Å². The van der Waals surface area contributed by atoms with Gasteiger partial charge in [-0.3, -0.25) is 0 Å². The maximum atomic E-state index is 9.54. The average molecular weight is 301 g/mol. The van der Waals surface area contributed by atoms with Gasteiger partial charge in [-0.2, -0.15) is 16.7 Å². The minimum atomic E-state index is -0.302. The van der Waals surface area contributed by atoms with Crippen LogP contribution in [0.2, 0.25) is 0 Å². The van der Waals surface area contributed by atoms with E-state index in [0.29, 0.717) is 29.4 Å². The highest BCUT2D eigenvalue weighted by molar-refractivity contribution is 8.06. The van der Waals surface area contributed by atoms with E-state index in [1.165, 1.54) is 5.75 Å². The summed E-state index contributed by atoms with van der Waals surface area (Å²) in [5.41, 5.74) is 0. The Kier molecular flexibility index (Phi) is 4.36. The summed E-state index contributed by atoms with van der Waals surface area (Å²) in [5, 5.41) is 17.8. The lowest BCUT2D eigenvalue weighted by molar-refractivity contribution is 0.191. The standard InChI is InChI=1S/C12H19N3O2S2/c1-2-9-10(19-4-3-18-9)11-14-12(17-15-11)8-5-7(16)6-13-8/h7-10,13,16H,2-6H2,1H3/t7-,8-,9?,10?/m1/s1. The summed E-state index contributed by atoms with van der Waals surface area (Å²) in [6.07, 6.45) is 1.49. The van der Waals surface area contributed by atoms with Crippen molar-refractivity contribution in [3.8, 4) is 0 Å². The Morgan fingerprint density at radius 3 is 3.00 bits per heavy atom. The molecule has 1 aromatic heterocycles. The second-order valence-electron chi connectivity index (χ2n) is 4.95. The fourth-order valence-electron chi connectivity index (χ4n) is 2.55. The van der Waals surface area contributed by atoms with Crippen molar-refractivity contribution in [2.45, 2.75) is 42.4 Å². The molecule has 7 heteroatoms. The molecule has 0 aliphatic carbocycles. The number of aliphatic hydroxyl groups is 1. The van der Waals surface area contributed by atoms with Gasteiger partial charge in [-0.1, -0.05) is 12.1 Å². The highest BCUT2D eigenvalue weighted by Gasteiger charge is 2.33.